The van der Waals surface area contributed by atoms with Crippen molar-refractivity contribution in [1.82, 2.24) is 9.80 Å². The van der Waals surface area contributed by atoms with Crippen LogP contribution in [0.5, 0.6) is 0 Å². The van der Waals surface area contributed by atoms with Crippen LogP contribution in [0.1, 0.15) is 36.6 Å². The van der Waals surface area contributed by atoms with Gasteiger partial charge in [0.05, 0.1) is 25.9 Å². The predicted molar refractivity (Wildman–Crippen MR) is 131 cm³/mol. The zero-order chi connectivity index (χ0) is 25.6. The molecule has 1 fully saturated rings. The SMILES string of the molecule is C=C(/C=C\C(=C/C)OCCN1CC(CF)C1)[C@H]1c2ccc(CO)cc2C[C@H](C)N1CC(F)(F)CO. The van der Waals surface area contributed by atoms with Crippen LogP contribution in [0.15, 0.2) is 54.3 Å². The molecule has 2 aliphatic heterocycles. The molecule has 194 valence electrons. The molecule has 3 rings (SSSR count). The van der Waals surface area contributed by atoms with Crippen molar-refractivity contribution in [3.63, 3.8) is 0 Å². The van der Waals surface area contributed by atoms with Crippen molar-refractivity contribution in [2.45, 2.75) is 44.9 Å². The summed E-state index contributed by atoms with van der Waals surface area (Å²) < 4.78 is 47.0. The third-order valence-electron chi connectivity index (χ3n) is 6.77. The van der Waals surface area contributed by atoms with Gasteiger partial charge in [0.25, 0.3) is 5.92 Å². The monoisotopic (exact) mass is 494 g/mol. The van der Waals surface area contributed by atoms with E-state index in [1.807, 2.05) is 32.1 Å². The number of ether oxygens (including phenoxy) is 1. The minimum atomic E-state index is -3.24. The highest BCUT2D eigenvalue weighted by atomic mass is 19.3. The molecule has 0 aromatic heterocycles. The average Bonchev–Trinajstić information content (AvgIpc) is 2.82. The maximum atomic E-state index is 14.3. The van der Waals surface area contributed by atoms with Gasteiger partial charge in [-0.15, -0.1) is 0 Å². The van der Waals surface area contributed by atoms with Gasteiger partial charge in [-0.25, -0.2) is 8.78 Å². The third kappa shape index (κ3) is 6.97. The van der Waals surface area contributed by atoms with Crippen molar-refractivity contribution >= 4 is 0 Å². The van der Waals surface area contributed by atoms with Crippen molar-refractivity contribution in [2.75, 3.05) is 46.1 Å². The van der Waals surface area contributed by atoms with Gasteiger partial charge in [0.1, 0.15) is 19.0 Å². The molecule has 1 aromatic rings. The van der Waals surface area contributed by atoms with Gasteiger partial charge in [0.2, 0.25) is 0 Å². The predicted octanol–water partition coefficient (Wildman–Crippen LogP) is 4.03. The summed E-state index contributed by atoms with van der Waals surface area (Å²) in [4.78, 5) is 3.82. The molecule has 0 spiro atoms. The molecule has 2 atom stereocenters. The highest BCUT2D eigenvalue weighted by molar-refractivity contribution is 5.43. The van der Waals surface area contributed by atoms with E-state index in [0.29, 0.717) is 30.9 Å². The number of benzene rings is 1. The van der Waals surface area contributed by atoms with Crippen LogP contribution in [0.25, 0.3) is 0 Å². The Kier molecular flexibility index (Phi) is 9.58. The first-order valence-electron chi connectivity index (χ1n) is 12.1. The smallest absolute Gasteiger partial charge is 0.283 e. The topological polar surface area (TPSA) is 56.2 Å². The van der Waals surface area contributed by atoms with E-state index >= 15 is 0 Å². The number of hydrogen-bond donors (Lipinski definition) is 2. The van der Waals surface area contributed by atoms with E-state index in [-0.39, 0.29) is 25.2 Å². The first kappa shape index (κ1) is 27.5. The third-order valence-corrected chi connectivity index (χ3v) is 6.77. The molecule has 1 saturated heterocycles. The summed E-state index contributed by atoms with van der Waals surface area (Å²) >= 11 is 0. The number of likely N-dealkylation sites (tertiary alicyclic amines) is 1. The molecule has 0 unspecified atom stereocenters. The Bertz CT molecular complexity index is 928. The fraction of sp³-hybridized carbons (Fsp3) is 0.556. The van der Waals surface area contributed by atoms with Crippen molar-refractivity contribution in [3.8, 4) is 0 Å². The molecular formula is C27H37F3N2O3. The van der Waals surface area contributed by atoms with Gasteiger partial charge in [-0.1, -0.05) is 30.9 Å². The van der Waals surface area contributed by atoms with Crippen molar-refractivity contribution < 1.29 is 28.1 Å². The molecule has 0 radical (unpaired) electrons. The maximum Gasteiger partial charge on any atom is 0.283 e. The molecule has 0 amide bonds. The number of nitrogens with zero attached hydrogens (tertiary/aromatic N) is 2. The van der Waals surface area contributed by atoms with E-state index in [1.54, 1.807) is 23.1 Å². The van der Waals surface area contributed by atoms with Gasteiger partial charge >= 0.3 is 0 Å². The molecule has 1 aromatic carbocycles. The van der Waals surface area contributed by atoms with Gasteiger partial charge in [-0.05, 0) is 54.7 Å². The molecule has 8 heteroatoms. The summed E-state index contributed by atoms with van der Waals surface area (Å²) in [5.74, 6) is -2.47. The number of aliphatic hydroxyl groups excluding tert-OH is 2. The standard InChI is InChI=1S/C27H37F3N2O3/c1-4-24(35-10-9-31-14-22(13-28)15-31)7-5-19(2)26-25-8-6-21(16-33)12-23(25)11-20(3)32(26)17-27(29,30)18-34/h4-8,12,20,22,26,33-34H,2,9-11,13-18H2,1,3H3/b7-5-,24-4+/t20-,26-/m0/s1. The molecule has 5 nitrogen and oxygen atoms in total. The first-order chi connectivity index (χ1) is 16.7. The van der Waals surface area contributed by atoms with E-state index in [2.05, 4.69) is 11.5 Å². The van der Waals surface area contributed by atoms with Gasteiger partial charge in [-0.3, -0.25) is 14.2 Å². The number of halogens is 3. The van der Waals surface area contributed by atoms with E-state index in [4.69, 9.17) is 4.74 Å². The molecule has 35 heavy (non-hydrogen) atoms. The Hall–Kier alpha value is -2.13. The largest absolute Gasteiger partial charge is 0.493 e. The number of fused-ring (bicyclic) bond motifs is 1. The van der Waals surface area contributed by atoms with Crippen LogP contribution >= 0.6 is 0 Å². The fourth-order valence-electron chi connectivity index (χ4n) is 4.80. The lowest BCUT2D eigenvalue weighted by Crippen LogP contribution is -2.49. The fourth-order valence-corrected chi connectivity index (χ4v) is 4.80. The summed E-state index contributed by atoms with van der Waals surface area (Å²) in [6, 6.07) is 4.86. The van der Waals surface area contributed by atoms with E-state index in [0.717, 1.165) is 29.8 Å². The van der Waals surface area contributed by atoms with Gasteiger partial charge < -0.3 is 14.9 Å². The van der Waals surface area contributed by atoms with Crippen LogP contribution in [0, 0.1) is 5.92 Å². The Balaban J connectivity index is 1.74. The molecule has 2 N–H and O–H groups in total. The Morgan fingerprint density at radius 1 is 1.26 bits per heavy atom. The molecule has 2 aliphatic rings. The summed E-state index contributed by atoms with van der Waals surface area (Å²) in [6.45, 7) is 8.45. The highest BCUT2D eigenvalue weighted by Gasteiger charge is 2.40. The second-order valence-corrected chi connectivity index (χ2v) is 9.56. The second kappa shape index (κ2) is 12.2. The van der Waals surface area contributed by atoms with Crippen LogP contribution in [0.2, 0.25) is 0 Å². The van der Waals surface area contributed by atoms with Crippen LogP contribution in [0.4, 0.5) is 13.2 Å². The Morgan fingerprint density at radius 3 is 2.63 bits per heavy atom. The number of allylic oxidation sites excluding steroid dienone is 2. The highest BCUT2D eigenvalue weighted by Crippen LogP contribution is 2.40. The lowest BCUT2D eigenvalue weighted by Gasteiger charge is -2.43. The zero-order valence-electron chi connectivity index (χ0n) is 20.6. The van der Waals surface area contributed by atoms with Crippen molar-refractivity contribution in [2.24, 2.45) is 5.92 Å². The number of rotatable bonds is 12. The Labute approximate surface area is 206 Å². The summed E-state index contributed by atoms with van der Waals surface area (Å²) in [5.41, 5.74) is 3.26. The van der Waals surface area contributed by atoms with Crippen molar-refractivity contribution in [3.05, 3.63) is 71.0 Å². The minimum absolute atomic E-state index is 0.0899. The lowest BCUT2D eigenvalue weighted by molar-refractivity contribution is -0.0863. The first-order valence-corrected chi connectivity index (χ1v) is 12.1. The van der Waals surface area contributed by atoms with E-state index in [9.17, 15) is 23.4 Å². The number of hydrogen-bond acceptors (Lipinski definition) is 5. The maximum absolute atomic E-state index is 14.3. The van der Waals surface area contributed by atoms with Gasteiger partial charge in [-0.2, -0.15) is 0 Å². The average molecular weight is 495 g/mol. The summed E-state index contributed by atoms with van der Waals surface area (Å²) in [7, 11) is 0. The number of alkyl halides is 3. The second-order valence-electron chi connectivity index (χ2n) is 9.56. The van der Waals surface area contributed by atoms with E-state index < -0.39 is 25.1 Å². The normalized spacial score (nSPS) is 22.3. The van der Waals surface area contributed by atoms with Crippen LogP contribution in [0.3, 0.4) is 0 Å². The number of aliphatic hydroxyl groups is 2. The van der Waals surface area contributed by atoms with Crippen molar-refractivity contribution in [1.29, 1.82) is 0 Å². The lowest BCUT2D eigenvalue weighted by atomic mass is 9.84. The van der Waals surface area contributed by atoms with Crippen LogP contribution in [-0.2, 0) is 17.8 Å². The van der Waals surface area contributed by atoms with Crippen LogP contribution < -0.4 is 0 Å². The van der Waals surface area contributed by atoms with Gasteiger partial charge in [0, 0.05) is 31.6 Å². The Morgan fingerprint density at radius 2 is 2.00 bits per heavy atom. The molecule has 0 aliphatic carbocycles. The quantitative estimate of drug-likeness (QED) is 0.340. The molecule has 0 bridgehead atoms. The molecular weight excluding hydrogens is 457 g/mol. The summed E-state index contributed by atoms with van der Waals surface area (Å²) in [6.07, 6.45) is 5.95. The summed E-state index contributed by atoms with van der Waals surface area (Å²) in [5, 5.41) is 18.7. The van der Waals surface area contributed by atoms with E-state index in [1.165, 1.54) is 0 Å². The minimum Gasteiger partial charge on any atom is -0.493 e. The van der Waals surface area contributed by atoms with Gasteiger partial charge in [0.15, 0.2) is 0 Å². The zero-order valence-corrected chi connectivity index (χ0v) is 20.6. The van der Waals surface area contributed by atoms with Crippen LogP contribution in [-0.4, -0.2) is 78.0 Å². The molecule has 0 saturated carbocycles. The molecule has 2 heterocycles.